The molecular weight excluding hydrogens is 248 g/mol. The van der Waals surface area contributed by atoms with Crippen LogP contribution in [-0.4, -0.2) is 22.4 Å². The number of aryl methyl sites for hydroxylation is 1. The standard InChI is InChI=1S/C13H20N2O2S/c1-4-5-18-8-12(16)15-7-11-10(3)13(17)9(2)6-14-11/h6H,4-5,7-8H2,1-3H3,(H,14,17)(H,15,16). The van der Waals surface area contributed by atoms with Crippen LogP contribution >= 0.6 is 11.8 Å². The van der Waals surface area contributed by atoms with Crippen LogP contribution in [0.15, 0.2) is 11.0 Å². The highest BCUT2D eigenvalue weighted by Gasteiger charge is 2.06. The third-order valence-corrected chi connectivity index (χ3v) is 3.82. The largest absolute Gasteiger partial charge is 0.363 e. The van der Waals surface area contributed by atoms with Crippen molar-refractivity contribution in [2.45, 2.75) is 33.7 Å². The van der Waals surface area contributed by atoms with Crippen LogP contribution in [0.3, 0.4) is 0 Å². The monoisotopic (exact) mass is 268 g/mol. The Bertz CT molecular complexity index is 469. The summed E-state index contributed by atoms with van der Waals surface area (Å²) in [5.74, 6) is 1.48. The molecule has 1 amide bonds. The zero-order chi connectivity index (χ0) is 13.5. The van der Waals surface area contributed by atoms with Crippen LogP contribution in [0.1, 0.15) is 30.2 Å². The Morgan fingerprint density at radius 1 is 1.44 bits per heavy atom. The molecular formula is C13H20N2O2S. The van der Waals surface area contributed by atoms with Crippen molar-refractivity contribution < 1.29 is 4.79 Å². The number of nitrogens with one attached hydrogen (secondary N) is 2. The SMILES string of the molecule is CCCSCC(=O)NCc1[nH]cc(C)c(=O)c1C. The molecule has 100 valence electrons. The van der Waals surface area contributed by atoms with Gasteiger partial charge in [0.25, 0.3) is 0 Å². The minimum absolute atomic E-state index is 0.00859. The smallest absolute Gasteiger partial charge is 0.230 e. The lowest BCUT2D eigenvalue weighted by Gasteiger charge is -2.08. The third-order valence-electron chi connectivity index (χ3n) is 2.66. The highest BCUT2D eigenvalue weighted by molar-refractivity contribution is 7.99. The number of hydrogen-bond acceptors (Lipinski definition) is 3. The number of hydrogen-bond donors (Lipinski definition) is 2. The lowest BCUT2D eigenvalue weighted by molar-refractivity contribution is -0.118. The minimum atomic E-state index is 0.00859. The maximum absolute atomic E-state index is 11.7. The zero-order valence-corrected chi connectivity index (χ0v) is 11.9. The lowest BCUT2D eigenvalue weighted by atomic mass is 10.1. The first-order chi connectivity index (χ1) is 8.56. The van der Waals surface area contributed by atoms with Gasteiger partial charge in [0.05, 0.1) is 12.3 Å². The summed E-state index contributed by atoms with van der Waals surface area (Å²) in [4.78, 5) is 26.3. The van der Waals surface area contributed by atoms with Crippen molar-refractivity contribution in [3.8, 4) is 0 Å². The molecule has 1 rings (SSSR count). The number of carbonyl (C=O) groups is 1. The fourth-order valence-corrected chi connectivity index (χ4v) is 2.25. The molecule has 0 saturated heterocycles. The lowest BCUT2D eigenvalue weighted by Crippen LogP contribution is -2.27. The summed E-state index contributed by atoms with van der Waals surface area (Å²) in [5, 5.41) is 2.82. The molecule has 1 aromatic rings. The van der Waals surface area contributed by atoms with E-state index in [9.17, 15) is 9.59 Å². The first-order valence-electron chi connectivity index (χ1n) is 6.08. The molecule has 4 nitrogen and oxygen atoms in total. The Labute approximate surface area is 112 Å². The van der Waals surface area contributed by atoms with Crippen LogP contribution in [0.2, 0.25) is 0 Å². The van der Waals surface area contributed by atoms with Gasteiger partial charge >= 0.3 is 0 Å². The van der Waals surface area contributed by atoms with Gasteiger partial charge in [0.15, 0.2) is 5.43 Å². The number of aromatic nitrogens is 1. The molecule has 1 aromatic heterocycles. The number of H-pyrrole nitrogens is 1. The molecule has 0 unspecified atom stereocenters. The van der Waals surface area contributed by atoms with Crippen molar-refractivity contribution in [1.29, 1.82) is 0 Å². The van der Waals surface area contributed by atoms with Crippen LogP contribution in [0.4, 0.5) is 0 Å². The van der Waals surface area contributed by atoms with E-state index in [0.717, 1.165) is 17.9 Å². The Hall–Kier alpha value is -1.23. The highest BCUT2D eigenvalue weighted by atomic mass is 32.2. The fourth-order valence-electron chi connectivity index (χ4n) is 1.53. The topological polar surface area (TPSA) is 62.0 Å². The van der Waals surface area contributed by atoms with Gasteiger partial charge in [-0.1, -0.05) is 6.92 Å². The maximum Gasteiger partial charge on any atom is 0.230 e. The summed E-state index contributed by atoms with van der Waals surface area (Å²) in [5.41, 5.74) is 2.19. The van der Waals surface area contributed by atoms with Crippen LogP contribution < -0.4 is 10.7 Å². The van der Waals surface area contributed by atoms with Gasteiger partial charge < -0.3 is 10.3 Å². The van der Waals surface area contributed by atoms with Crippen LogP contribution in [0, 0.1) is 13.8 Å². The van der Waals surface area contributed by atoms with E-state index in [0.29, 0.717) is 23.4 Å². The van der Waals surface area contributed by atoms with Gasteiger partial charge in [-0.15, -0.1) is 0 Å². The molecule has 0 aliphatic carbocycles. The van der Waals surface area contributed by atoms with Gasteiger partial charge in [0.1, 0.15) is 0 Å². The molecule has 0 aliphatic heterocycles. The van der Waals surface area contributed by atoms with Gasteiger partial charge in [-0.2, -0.15) is 11.8 Å². The summed E-state index contributed by atoms with van der Waals surface area (Å²) in [6.45, 7) is 6.02. The van der Waals surface area contributed by atoms with Gasteiger partial charge in [-0.3, -0.25) is 9.59 Å². The van der Waals surface area contributed by atoms with Crippen molar-refractivity contribution in [3.05, 3.63) is 33.2 Å². The number of rotatable bonds is 6. The van der Waals surface area contributed by atoms with Gasteiger partial charge in [0.2, 0.25) is 5.91 Å². The molecule has 0 spiro atoms. The summed E-state index contributed by atoms with van der Waals surface area (Å²) in [6.07, 6.45) is 2.75. The second-order valence-electron chi connectivity index (χ2n) is 4.23. The number of amides is 1. The predicted octanol–water partition coefficient (Wildman–Crippen LogP) is 1.75. The van der Waals surface area contributed by atoms with Crippen LogP contribution in [-0.2, 0) is 11.3 Å². The zero-order valence-electron chi connectivity index (χ0n) is 11.1. The molecule has 5 heteroatoms. The third kappa shape index (κ3) is 4.22. The van der Waals surface area contributed by atoms with Crippen molar-refractivity contribution in [2.75, 3.05) is 11.5 Å². The minimum Gasteiger partial charge on any atom is -0.363 e. The summed E-state index contributed by atoms with van der Waals surface area (Å²) < 4.78 is 0. The van der Waals surface area contributed by atoms with Gasteiger partial charge in [-0.25, -0.2) is 0 Å². The maximum atomic E-state index is 11.7. The normalized spacial score (nSPS) is 10.4. The quantitative estimate of drug-likeness (QED) is 0.773. The molecule has 1 heterocycles. The first kappa shape index (κ1) is 14.8. The number of aromatic amines is 1. The average Bonchev–Trinajstić information content (AvgIpc) is 2.35. The van der Waals surface area contributed by atoms with Gasteiger partial charge in [0, 0.05) is 23.0 Å². The van der Waals surface area contributed by atoms with E-state index < -0.39 is 0 Å². The van der Waals surface area contributed by atoms with E-state index in [2.05, 4.69) is 17.2 Å². The van der Waals surface area contributed by atoms with Crippen LogP contribution in [0.5, 0.6) is 0 Å². The average molecular weight is 268 g/mol. The van der Waals surface area contributed by atoms with Crippen LogP contribution in [0.25, 0.3) is 0 Å². The Kier molecular flexibility index (Phi) is 5.98. The van der Waals surface area contributed by atoms with E-state index in [1.165, 1.54) is 0 Å². The number of pyridine rings is 1. The Balaban J connectivity index is 2.51. The number of carbonyl (C=O) groups excluding carboxylic acids is 1. The first-order valence-corrected chi connectivity index (χ1v) is 7.24. The van der Waals surface area contributed by atoms with E-state index in [4.69, 9.17) is 0 Å². The molecule has 0 saturated carbocycles. The van der Waals surface area contributed by atoms with Crippen molar-refractivity contribution in [1.82, 2.24) is 10.3 Å². The molecule has 0 atom stereocenters. The number of thioether (sulfide) groups is 1. The summed E-state index contributed by atoms with van der Waals surface area (Å²) in [6, 6.07) is 0. The molecule has 0 aromatic carbocycles. The van der Waals surface area contributed by atoms with Crippen molar-refractivity contribution in [3.63, 3.8) is 0 Å². The second kappa shape index (κ2) is 7.26. The van der Waals surface area contributed by atoms with E-state index >= 15 is 0 Å². The summed E-state index contributed by atoms with van der Waals surface area (Å²) >= 11 is 1.62. The van der Waals surface area contributed by atoms with E-state index in [-0.39, 0.29) is 11.3 Å². The van der Waals surface area contributed by atoms with Gasteiger partial charge in [-0.05, 0) is 26.0 Å². The molecule has 0 fully saturated rings. The summed E-state index contributed by atoms with van der Waals surface area (Å²) in [7, 11) is 0. The molecule has 0 radical (unpaired) electrons. The van der Waals surface area contributed by atoms with E-state index in [1.54, 1.807) is 31.8 Å². The Morgan fingerprint density at radius 3 is 2.83 bits per heavy atom. The Morgan fingerprint density at radius 2 is 2.17 bits per heavy atom. The van der Waals surface area contributed by atoms with E-state index in [1.807, 2.05) is 0 Å². The molecule has 0 aliphatic rings. The molecule has 18 heavy (non-hydrogen) atoms. The molecule has 0 bridgehead atoms. The fraction of sp³-hybridized carbons (Fsp3) is 0.538. The van der Waals surface area contributed by atoms with Crippen molar-refractivity contribution in [2.24, 2.45) is 0 Å². The predicted molar refractivity (Wildman–Crippen MR) is 76.0 cm³/mol. The van der Waals surface area contributed by atoms with Crippen molar-refractivity contribution >= 4 is 17.7 Å². The highest BCUT2D eigenvalue weighted by Crippen LogP contribution is 2.03. The molecule has 2 N–H and O–H groups in total. The second-order valence-corrected chi connectivity index (χ2v) is 5.34.